The fourth-order valence-electron chi connectivity index (χ4n) is 2.35. The number of hydrogen-bond acceptors (Lipinski definition) is 6. The molecule has 0 aromatic heterocycles. The van der Waals surface area contributed by atoms with E-state index in [0.29, 0.717) is 11.3 Å². The molecule has 8 nitrogen and oxygen atoms in total. The molecule has 1 atom stereocenters. The highest BCUT2D eigenvalue weighted by atomic mass is 32.2. The molecule has 0 fully saturated rings. The molecule has 2 aromatic rings. The molecule has 0 aliphatic heterocycles. The highest BCUT2D eigenvalue weighted by Gasteiger charge is 2.22. The van der Waals surface area contributed by atoms with Crippen LogP contribution in [0.3, 0.4) is 0 Å². The first-order chi connectivity index (χ1) is 13.0. The summed E-state index contributed by atoms with van der Waals surface area (Å²) in [7, 11) is -1.04. The normalized spacial score (nSPS) is 13.4. The van der Waals surface area contributed by atoms with Crippen molar-refractivity contribution >= 4 is 15.9 Å². The predicted molar refractivity (Wildman–Crippen MR) is 108 cm³/mol. The number of para-hydroxylation sites is 1. The van der Waals surface area contributed by atoms with E-state index in [1.165, 1.54) is 32.3 Å². The van der Waals surface area contributed by atoms with Crippen LogP contribution in [0.2, 0.25) is 0 Å². The van der Waals surface area contributed by atoms with Crippen molar-refractivity contribution in [1.29, 1.82) is 0 Å². The number of aliphatic hydroxyl groups is 1. The van der Waals surface area contributed by atoms with Gasteiger partial charge < -0.3 is 14.9 Å². The third-order valence-electron chi connectivity index (χ3n) is 3.96. The zero-order valence-electron chi connectivity index (χ0n) is 16.4. The zero-order valence-corrected chi connectivity index (χ0v) is 17.2. The van der Waals surface area contributed by atoms with E-state index in [1.807, 2.05) is 44.2 Å². The van der Waals surface area contributed by atoms with Crippen molar-refractivity contribution in [1.82, 2.24) is 9.62 Å². The molecular weight excluding hydrogens is 382 g/mol. The lowest BCUT2D eigenvalue weighted by Gasteiger charge is -2.29. The Balaban J connectivity index is 2.06. The van der Waals surface area contributed by atoms with Crippen LogP contribution < -0.4 is 14.8 Å². The number of rotatable bonds is 9. The molecule has 1 unspecified atom stereocenters. The van der Waals surface area contributed by atoms with E-state index >= 15 is 0 Å². The number of ether oxygens (including phenoxy) is 1. The molecule has 0 bridgehead atoms. The summed E-state index contributed by atoms with van der Waals surface area (Å²) in [5.74, 6) is 0.460. The second-order valence-corrected chi connectivity index (χ2v) is 8.87. The van der Waals surface area contributed by atoms with Gasteiger partial charge in [0.05, 0.1) is 11.8 Å². The standard InChI is InChI=1S/C19H27N3O5S/c1-19(2,27-15-8-6-5-7-9-15)20-13-18(24)14-10-11-17(23)16(12-14)21-28(25,26)22(3)4/h5-12,18,20-21,23-24H,13H2,1-4H3. The molecule has 0 saturated heterocycles. The van der Waals surface area contributed by atoms with Gasteiger partial charge in [-0.2, -0.15) is 12.7 Å². The highest BCUT2D eigenvalue weighted by Crippen LogP contribution is 2.28. The second-order valence-electron chi connectivity index (χ2n) is 6.99. The van der Waals surface area contributed by atoms with Crippen LogP contribution in [0.25, 0.3) is 0 Å². The summed E-state index contributed by atoms with van der Waals surface area (Å²) in [6, 6.07) is 13.6. The fourth-order valence-corrected chi connectivity index (χ4v) is 2.98. The molecule has 154 valence electrons. The molecule has 0 radical (unpaired) electrons. The molecule has 0 amide bonds. The average Bonchev–Trinajstić information content (AvgIpc) is 2.62. The number of aliphatic hydroxyl groups excluding tert-OH is 1. The van der Waals surface area contributed by atoms with E-state index in [2.05, 4.69) is 10.0 Å². The minimum absolute atomic E-state index is 0.00922. The van der Waals surface area contributed by atoms with Gasteiger partial charge in [-0.25, -0.2) is 0 Å². The topological polar surface area (TPSA) is 111 Å². The molecule has 0 heterocycles. The van der Waals surface area contributed by atoms with E-state index in [4.69, 9.17) is 4.74 Å². The highest BCUT2D eigenvalue weighted by molar-refractivity contribution is 7.90. The molecule has 2 aromatic carbocycles. The fraction of sp³-hybridized carbons (Fsp3) is 0.368. The third-order valence-corrected chi connectivity index (χ3v) is 5.40. The summed E-state index contributed by atoms with van der Waals surface area (Å²) in [6.45, 7) is 3.82. The second kappa shape index (κ2) is 8.78. The summed E-state index contributed by atoms with van der Waals surface area (Å²) >= 11 is 0. The number of hydrogen-bond donors (Lipinski definition) is 4. The van der Waals surface area contributed by atoms with Crippen molar-refractivity contribution in [3.05, 3.63) is 54.1 Å². The molecule has 0 aliphatic rings. The van der Waals surface area contributed by atoms with E-state index in [-0.39, 0.29) is 18.0 Å². The molecule has 2 rings (SSSR count). The maximum Gasteiger partial charge on any atom is 0.301 e. The van der Waals surface area contributed by atoms with Crippen LogP contribution in [-0.4, -0.2) is 49.3 Å². The lowest BCUT2D eigenvalue weighted by molar-refractivity contribution is 0.0514. The van der Waals surface area contributed by atoms with Gasteiger partial charge in [-0.15, -0.1) is 0 Å². The quantitative estimate of drug-likeness (QED) is 0.373. The third kappa shape index (κ3) is 6.10. The van der Waals surface area contributed by atoms with Crippen molar-refractivity contribution in [3.63, 3.8) is 0 Å². The van der Waals surface area contributed by atoms with Crippen LogP contribution in [-0.2, 0) is 10.2 Å². The Morgan fingerprint density at radius 2 is 1.79 bits per heavy atom. The number of benzene rings is 2. The van der Waals surface area contributed by atoms with E-state index in [1.54, 1.807) is 0 Å². The number of phenolic OH excluding ortho intramolecular Hbond substituents is 1. The molecule has 9 heteroatoms. The smallest absolute Gasteiger partial charge is 0.301 e. The van der Waals surface area contributed by atoms with Gasteiger partial charge in [0, 0.05) is 20.6 Å². The van der Waals surface area contributed by atoms with Crippen LogP contribution in [0.1, 0.15) is 25.5 Å². The Morgan fingerprint density at radius 3 is 2.39 bits per heavy atom. The molecule has 0 spiro atoms. The first kappa shape index (κ1) is 22.0. The average molecular weight is 410 g/mol. The van der Waals surface area contributed by atoms with Crippen LogP contribution >= 0.6 is 0 Å². The predicted octanol–water partition coefficient (Wildman–Crippen LogP) is 2.05. The molecule has 0 saturated carbocycles. The number of nitrogens with one attached hydrogen (secondary N) is 2. The van der Waals surface area contributed by atoms with Gasteiger partial charge >= 0.3 is 10.2 Å². The van der Waals surface area contributed by atoms with Gasteiger partial charge in [-0.3, -0.25) is 10.0 Å². The number of phenols is 1. The van der Waals surface area contributed by atoms with Crippen LogP contribution in [0.15, 0.2) is 48.5 Å². The zero-order chi connectivity index (χ0) is 20.9. The largest absolute Gasteiger partial charge is 0.506 e. The van der Waals surface area contributed by atoms with E-state index < -0.39 is 22.0 Å². The Morgan fingerprint density at radius 1 is 1.14 bits per heavy atom. The summed E-state index contributed by atoms with van der Waals surface area (Å²) in [6.07, 6.45) is -0.943. The summed E-state index contributed by atoms with van der Waals surface area (Å²) < 4.78 is 33.1. The van der Waals surface area contributed by atoms with Gasteiger partial charge in [0.15, 0.2) is 5.72 Å². The van der Waals surface area contributed by atoms with Crippen molar-refractivity contribution in [2.45, 2.75) is 25.7 Å². The van der Waals surface area contributed by atoms with E-state index in [0.717, 1.165) is 4.31 Å². The van der Waals surface area contributed by atoms with Gasteiger partial charge in [0.1, 0.15) is 11.5 Å². The Labute approximate surface area is 166 Å². The monoisotopic (exact) mass is 409 g/mol. The van der Waals surface area contributed by atoms with Crippen molar-refractivity contribution in [3.8, 4) is 11.5 Å². The SMILES string of the molecule is CN(C)S(=O)(=O)Nc1cc(C(O)CNC(C)(C)Oc2ccccc2)ccc1O. The maximum atomic E-state index is 12.0. The lowest BCUT2D eigenvalue weighted by atomic mass is 10.1. The van der Waals surface area contributed by atoms with Gasteiger partial charge in [0.25, 0.3) is 0 Å². The van der Waals surface area contributed by atoms with Crippen molar-refractivity contribution in [2.75, 3.05) is 25.4 Å². The van der Waals surface area contributed by atoms with Gasteiger partial charge in [0.2, 0.25) is 0 Å². The van der Waals surface area contributed by atoms with Gasteiger partial charge in [-0.05, 0) is 43.7 Å². The minimum Gasteiger partial charge on any atom is -0.506 e. The first-order valence-electron chi connectivity index (χ1n) is 8.70. The van der Waals surface area contributed by atoms with Crippen molar-refractivity contribution in [2.24, 2.45) is 0 Å². The Kier molecular flexibility index (Phi) is 6.89. The molecular formula is C19H27N3O5S. The van der Waals surface area contributed by atoms with Crippen LogP contribution in [0.4, 0.5) is 5.69 Å². The maximum absolute atomic E-state index is 12.0. The first-order valence-corrected chi connectivity index (χ1v) is 10.1. The summed E-state index contributed by atoms with van der Waals surface area (Å²) in [5.41, 5.74) is -0.309. The molecule has 28 heavy (non-hydrogen) atoms. The van der Waals surface area contributed by atoms with Gasteiger partial charge in [-0.1, -0.05) is 24.3 Å². The number of anilines is 1. The molecule has 0 aliphatic carbocycles. The Bertz CT molecular complexity index is 886. The Hall–Kier alpha value is -2.33. The number of aromatic hydroxyl groups is 1. The minimum atomic E-state index is -3.78. The van der Waals surface area contributed by atoms with E-state index in [9.17, 15) is 18.6 Å². The summed E-state index contributed by atoms with van der Waals surface area (Å²) in [4.78, 5) is 0. The summed E-state index contributed by atoms with van der Waals surface area (Å²) in [5, 5.41) is 23.5. The lowest BCUT2D eigenvalue weighted by Crippen LogP contribution is -2.46. The van der Waals surface area contributed by atoms with Crippen LogP contribution in [0, 0.1) is 0 Å². The van der Waals surface area contributed by atoms with Crippen LogP contribution in [0.5, 0.6) is 11.5 Å². The molecule has 4 N–H and O–H groups in total. The van der Waals surface area contributed by atoms with Crippen molar-refractivity contribution < 1.29 is 23.4 Å². The number of nitrogens with zero attached hydrogens (tertiary/aromatic N) is 1.